The molecule has 3 aromatic carbocycles. The molecule has 37 heavy (non-hydrogen) atoms. The van der Waals surface area contributed by atoms with E-state index in [1.807, 2.05) is 18.2 Å². The zero-order valence-electron chi connectivity index (χ0n) is 20.0. The first-order valence-electron chi connectivity index (χ1n) is 11.2. The number of halogens is 3. The zero-order chi connectivity index (χ0) is 26.8. The van der Waals surface area contributed by atoms with Crippen molar-refractivity contribution >= 4 is 10.0 Å². The van der Waals surface area contributed by atoms with E-state index in [4.69, 9.17) is 4.74 Å². The van der Waals surface area contributed by atoms with Crippen LogP contribution >= 0.6 is 0 Å². The van der Waals surface area contributed by atoms with Crippen LogP contribution in [0.2, 0.25) is 0 Å². The van der Waals surface area contributed by atoms with E-state index >= 15 is 0 Å². The molecule has 0 radical (unpaired) electrons. The molecule has 7 nitrogen and oxygen atoms in total. The number of rotatable bonds is 8. The molecule has 0 bridgehead atoms. The quantitative estimate of drug-likeness (QED) is 0.339. The Labute approximate surface area is 211 Å². The summed E-state index contributed by atoms with van der Waals surface area (Å²) in [6.07, 6.45) is -4.48. The molecule has 11 heteroatoms. The highest BCUT2D eigenvalue weighted by Crippen LogP contribution is 2.31. The van der Waals surface area contributed by atoms with Crippen molar-refractivity contribution in [2.75, 3.05) is 13.2 Å². The van der Waals surface area contributed by atoms with E-state index in [2.05, 4.69) is 4.72 Å². The van der Waals surface area contributed by atoms with E-state index < -0.39 is 27.3 Å². The number of aromatic nitrogens is 2. The highest BCUT2D eigenvalue weighted by Gasteiger charge is 2.30. The second-order valence-electron chi connectivity index (χ2n) is 8.23. The Balaban J connectivity index is 1.52. The fourth-order valence-corrected chi connectivity index (χ4v) is 4.88. The summed E-state index contributed by atoms with van der Waals surface area (Å²) >= 11 is 0. The Morgan fingerprint density at radius 1 is 0.919 bits per heavy atom. The number of alkyl halides is 3. The maximum absolute atomic E-state index is 13.2. The van der Waals surface area contributed by atoms with E-state index in [9.17, 15) is 26.4 Å². The van der Waals surface area contributed by atoms with Crippen molar-refractivity contribution < 1.29 is 26.3 Å². The lowest BCUT2D eigenvalue weighted by atomic mass is 10.0. The first-order valence-corrected chi connectivity index (χ1v) is 12.7. The molecule has 194 valence electrons. The van der Waals surface area contributed by atoms with Gasteiger partial charge in [-0.3, -0.25) is 9.48 Å². The van der Waals surface area contributed by atoms with Crippen LogP contribution < -0.4 is 15.0 Å². The molecule has 0 saturated carbocycles. The number of hydrogen-bond acceptors (Lipinski definition) is 4. The fraction of sp³-hybridized carbons (Fsp3) is 0.192. The van der Waals surface area contributed by atoms with Gasteiger partial charge in [-0.05, 0) is 61.0 Å². The summed E-state index contributed by atoms with van der Waals surface area (Å²) < 4.78 is 74.9. The second-order valence-corrected chi connectivity index (χ2v) is 10.00. The summed E-state index contributed by atoms with van der Waals surface area (Å²) in [6.45, 7) is 1.89. The molecule has 0 aliphatic heterocycles. The van der Waals surface area contributed by atoms with Gasteiger partial charge in [0, 0.05) is 19.3 Å². The van der Waals surface area contributed by atoms with Crippen LogP contribution in [0.1, 0.15) is 11.3 Å². The van der Waals surface area contributed by atoms with E-state index in [1.54, 1.807) is 30.8 Å². The monoisotopic (exact) mass is 531 g/mol. The summed E-state index contributed by atoms with van der Waals surface area (Å²) in [6, 6.07) is 19.1. The third-order valence-corrected chi connectivity index (χ3v) is 7.33. The average Bonchev–Trinajstić information content (AvgIpc) is 3.10. The van der Waals surface area contributed by atoms with Gasteiger partial charge in [0.15, 0.2) is 0 Å². The lowest BCUT2D eigenvalue weighted by Gasteiger charge is -2.11. The van der Waals surface area contributed by atoms with Gasteiger partial charge < -0.3 is 4.74 Å². The summed E-state index contributed by atoms with van der Waals surface area (Å²) in [5.74, 6) is 0.630. The van der Waals surface area contributed by atoms with Crippen LogP contribution in [0, 0.1) is 6.92 Å². The number of nitrogens with one attached hydrogen (secondary N) is 1. The average molecular weight is 532 g/mol. The summed E-state index contributed by atoms with van der Waals surface area (Å²) in [7, 11) is -2.17. The molecule has 0 aliphatic carbocycles. The van der Waals surface area contributed by atoms with Crippen molar-refractivity contribution in [3.63, 3.8) is 0 Å². The molecule has 0 fully saturated rings. The first-order chi connectivity index (χ1) is 17.5. The third-order valence-electron chi connectivity index (χ3n) is 5.85. The highest BCUT2D eigenvalue weighted by atomic mass is 32.2. The third kappa shape index (κ3) is 5.62. The minimum Gasteiger partial charge on any atom is -0.492 e. The van der Waals surface area contributed by atoms with Gasteiger partial charge in [0.25, 0.3) is 5.56 Å². The van der Waals surface area contributed by atoms with Gasteiger partial charge in [-0.15, -0.1) is 0 Å². The van der Waals surface area contributed by atoms with E-state index in [-0.39, 0.29) is 23.6 Å². The molecular weight excluding hydrogens is 507 g/mol. The van der Waals surface area contributed by atoms with Crippen LogP contribution in [0.25, 0.3) is 16.8 Å². The summed E-state index contributed by atoms with van der Waals surface area (Å²) in [5.41, 5.74) is 0.314. The largest absolute Gasteiger partial charge is 0.492 e. The molecule has 0 aliphatic rings. The molecule has 0 amide bonds. The first kappa shape index (κ1) is 26.2. The van der Waals surface area contributed by atoms with Gasteiger partial charge in [0.1, 0.15) is 12.4 Å². The SMILES string of the molecule is Cc1c(-c2ccc(C(F)(F)F)cc2)c(=O)n(-c2ccc(S(=O)(=O)NCCOc3ccccc3)cc2)n1C. The molecule has 1 aromatic heterocycles. The minimum atomic E-state index is -4.48. The minimum absolute atomic E-state index is 0.0119. The summed E-state index contributed by atoms with van der Waals surface area (Å²) in [5, 5.41) is 0. The van der Waals surface area contributed by atoms with Crippen molar-refractivity contribution in [1.82, 2.24) is 14.1 Å². The van der Waals surface area contributed by atoms with E-state index in [0.717, 1.165) is 12.1 Å². The molecule has 1 heterocycles. The van der Waals surface area contributed by atoms with Crippen molar-refractivity contribution in [3.05, 3.63) is 100 Å². The molecule has 0 spiro atoms. The Morgan fingerprint density at radius 3 is 2.14 bits per heavy atom. The molecule has 1 N–H and O–H groups in total. The maximum Gasteiger partial charge on any atom is 0.416 e. The van der Waals surface area contributed by atoms with Gasteiger partial charge in [0.2, 0.25) is 10.0 Å². The molecule has 4 rings (SSSR count). The highest BCUT2D eigenvalue weighted by molar-refractivity contribution is 7.89. The number of sulfonamides is 1. The van der Waals surface area contributed by atoms with Crippen LogP contribution in [0.5, 0.6) is 5.75 Å². The maximum atomic E-state index is 13.2. The van der Waals surface area contributed by atoms with E-state index in [0.29, 0.717) is 22.7 Å². The van der Waals surface area contributed by atoms with Gasteiger partial charge in [-0.1, -0.05) is 30.3 Å². The van der Waals surface area contributed by atoms with Gasteiger partial charge in [-0.25, -0.2) is 17.8 Å². The Hall–Kier alpha value is -3.83. The van der Waals surface area contributed by atoms with Crippen LogP contribution in [0.4, 0.5) is 13.2 Å². The number of benzene rings is 3. The fourth-order valence-electron chi connectivity index (χ4n) is 3.87. The number of nitrogens with zero attached hydrogens (tertiary/aromatic N) is 2. The predicted molar refractivity (Wildman–Crippen MR) is 133 cm³/mol. The normalized spacial score (nSPS) is 12.0. The predicted octanol–water partition coefficient (Wildman–Crippen LogP) is 4.53. The number of ether oxygens (including phenoxy) is 1. The Morgan fingerprint density at radius 2 is 1.54 bits per heavy atom. The lowest BCUT2D eigenvalue weighted by Crippen LogP contribution is -2.28. The van der Waals surface area contributed by atoms with Crippen molar-refractivity contribution in [2.45, 2.75) is 18.0 Å². The number of para-hydroxylation sites is 1. The topological polar surface area (TPSA) is 82.3 Å². The van der Waals surface area contributed by atoms with Crippen molar-refractivity contribution in [3.8, 4) is 22.6 Å². The number of hydrogen-bond donors (Lipinski definition) is 1. The van der Waals surface area contributed by atoms with Crippen LogP contribution in [-0.2, 0) is 23.2 Å². The van der Waals surface area contributed by atoms with Gasteiger partial charge in [0.05, 0.1) is 21.7 Å². The molecule has 4 aromatic rings. The molecule has 0 atom stereocenters. The van der Waals surface area contributed by atoms with Gasteiger partial charge >= 0.3 is 6.18 Å². The van der Waals surface area contributed by atoms with Crippen molar-refractivity contribution in [1.29, 1.82) is 0 Å². The lowest BCUT2D eigenvalue weighted by molar-refractivity contribution is -0.137. The van der Waals surface area contributed by atoms with Gasteiger partial charge in [-0.2, -0.15) is 13.2 Å². The molecular formula is C26H24F3N3O4S. The van der Waals surface area contributed by atoms with Crippen LogP contribution in [0.3, 0.4) is 0 Å². The van der Waals surface area contributed by atoms with Crippen LogP contribution in [-0.4, -0.2) is 30.9 Å². The Kier molecular flexibility index (Phi) is 7.28. The second kappa shape index (κ2) is 10.3. The smallest absolute Gasteiger partial charge is 0.416 e. The zero-order valence-corrected chi connectivity index (χ0v) is 20.8. The van der Waals surface area contributed by atoms with Crippen molar-refractivity contribution in [2.24, 2.45) is 7.05 Å². The standard InChI is InChI=1S/C26H24F3N3O4S/c1-18-24(19-8-10-20(11-9-19)26(27,28)29)25(33)32(31(18)2)21-12-14-23(15-13-21)37(34,35)30-16-17-36-22-6-4-3-5-7-22/h3-15,30H,16-17H2,1-2H3. The van der Waals surface area contributed by atoms with Crippen LogP contribution in [0.15, 0.2) is 88.6 Å². The van der Waals surface area contributed by atoms with E-state index in [1.165, 1.54) is 41.1 Å². The molecule has 0 saturated heterocycles. The Bertz CT molecular complexity index is 1540. The molecule has 0 unspecified atom stereocenters. The summed E-state index contributed by atoms with van der Waals surface area (Å²) in [4.78, 5) is 13.3.